The Kier molecular flexibility index (Phi) is 5.60. The van der Waals surface area contributed by atoms with E-state index in [9.17, 15) is 9.59 Å². The Balaban J connectivity index is 1.73. The molecular formula is C18H18ClN3O4. The van der Waals surface area contributed by atoms with Crippen LogP contribution in [0.2, 0.25) is 5.02 Å². The van der Waals surface area contributed by atoms with Crippen LogP contribution in [0.25, 0.3) is 0 Å². The number of hydrogen-bond donors (Lipinski definition) is 2. The number of carbonyl (C=O) groups is 2. The zero-order valence-electron chi connectivity index (χ0n) is 13.9. The van der Waals surface area contributed by atoms with E-state index in [1.165, 1.54) is 4.90 Å². The van der Waals surface area contributed by atoms with Gasteiger partial charge in [0, 0.05) is 6.54 Å². The average Bonchev–Trinajstić information content (AvgIpc) is 2.65. The van der Waals surface area contributed by atoms with E-state index in [0.717, 1.165) is 0 Å². The lowest BCUT2D eigenvalue weighted by molar-refractivity contribution is -0.133. The van der Waals surface area contributed by atoms with E-state index in [4.69, 9.17) is 26.8 Å². The number of anilines is 1. The average molecular weight is 376 g/mol. The molecule has 1 fully saturated rings. The van der Waals surface area contributed by atoms with Crippen LogP contribution < -0.4 is 15.8 Å². The zero-order valence-corrected chi connectivity index (χ0v) is 14.6. The van der Waals surface area contributed by atoms with Gasteiger partial charge in [0.1, 0.15) is 5.75 Å². The number of nitrogens with one attached hydrogen (secondary N) is 1. The minimum absolute atomic E-state index is 0.106. The first-order chi connectivity index (χ1) is 12.5. The Bertz CT molecular complexity index is 815. The summed E-state index contributed by atoms with van der Waals surface area (Å²) in [6.07, 6.45) is -0.802. The minimum atomic E-state index is -0.802. The molecular weight excluding hydrogens is 358 g/mol. The van der Waals surface area contributed by atoms with Gasteiger partial charge in [-0.05, 0) is 24.3 Å². The predicted molar refractivity (Wildman–Crippen MR) is 97.5 cm³/mol. The maximum Gasteiger partial charge on any atom is 0.322 e. The number of ether oxygens (including phenoxy) is 2. The summed E-state index contributed by atoms with van der Waals surface area (Å²) in [5.41, 5.74) is 5.74. The number of para-hydroxylation sites is 3. The lowest BCUT2D eigenvalue weighted by Gasteiger charge is -2.31. The summed E-state index contributed by atoms with van der Waals surface area (Å²) in [6.45, 7) is 0.719. The molecule has 136 valence electrons. The van der Waals surface area contributed by atoms with Crippen LogP contribution in [0.4, 0.5) is 10.5 Å². The van der Waals surface area contributed by atoms with Crippen LogP contribution in [0.1, 0.15) is 0 Å². The second-order valence-corrected chi connectivity index (χ2v) is 6.07. The molecule has 8 heteroatoms. The highest BCUT2D eigenvalue weighted by atomic mass is 35.5. The molecule has 0 bridgehead atoms. The number of carbonyl (C=O) groups excluding carboxylic acids is 2. The molecule has 3 amide bonds. The molecule has 1 heterocycles. The molecule has 3 N–H and O–H groups in total. The highest BCUT2D eigenvalue weighted by Crippen LogP contribution is 2.33. The molecule has 2 aromatic rings. The summed E-state index contributed by atoms with van der Waals surface area (Å²) in [5.74, 6) is 0.342. The first kappa shape index (κ1) is 18.0. The summed E-state index contributed by atoms with van der Waals surface area (Å²) in [6, 6.07) is 13.7. The summed E-state index contributed by atoms with van der Waals surface area (Å²) < 4.78 is 11.1. The lowest BCUT2D eigenvalue weighted by atomic mass is 10.2. The summed E-state index contributed by atoms with van der Waals surface area (Å²) in [4.78, 5) is 25.3. The lowest BCUT2D eigenvalue weighted by Crippen LogP contribution is -2.51. The van der Waals surface area contributed by atoms with Gasteiger partial charge in [-0.2, -0.15) is 0 Å². The quantitative estimate of drug-likeness (QED) is 0.859. The molecule has 0 spiro atoms. The summed E-state index contributed by atoms with van der Waals surface area (Å²) >= 11 is 6.12. The van der Waals surface area contributed by atoms with Crippen molar-refractivity contribution in [3.63, 3.8) is 0 Å². The SMILES string of the molecule is NC(=O)[C@@H]1CN(C(=O)Nc2ccccc2Oc2ccccc2Cl)CCO1. The van der Waals surface area contributed by atoms with Gasteiger partial charge in [-0.15, -0.1) is 0 Å². The standard InChI is InChI=1S/C18H18ClN3O4/c19-12-5-1-3-7-14(12)26-15-8-4-2-6-13(15)21-18(24)22-9-10-25-16(11-22)17(20)23/h1-8,16H,9-11H2,(H2,20,23)(H,21,24)/t16-/m0/s1. The molecule has 1 aliphatic rings. The number of hydrogen-bond acceptors (Lipinski definition) is 4. The van der Waals surface area contributed by atoms with Crippen LogP contribution in [0, 0.1) is 0 Å². The monoisotopic (exact) mass is 375 g/mol. The third kappa shape index (κ3) is 4.25. The number of urea groups is 1. The number of primary amides is 1. The molecule has 7 nitrogen and oxygen atoms in total. The van der Waals surface area contributed by atoms with Crippen molar-refractivity contribution in [3.8, 4) is 11.5 Å². The Morgan fingerprint density at radius 1 is 1.15 bits per heavy atom. The van der Waals surface area contributed by atoms with E-state index in [0.29, 0.717) is 28.8 Å². The van der Waals surface area contributed by atoms with Crippen LogP contribution in [-0.4, -0.2) is 42.6 Å². The highest BCUT2D eigenvalue weighted by molar-refractivity contribution is 6.32. The first-order valence-electron chi connectivity index (χ1n) is 8.03. The number of halogens is 1. The van der Waals surface area contributed by atoms with Gasteiger partial charge in [0.05, 0.1) is 23.9 Å². The number of amides is 3. The molecule has 1 saturated heterocycles. The fourth-order valence-corrected chi connectivity index (χ4v) is 2.68. The molecule has 1 atom stereocenters. The molecule has 0 aromatic heterocycles. The third-order valence-electron chi connectivity index (χ3n) is 3.86. The van der Waals surface area contributed by atoms with Gasteiger partial charge >= 0.3 is 6.03 Å². The number of nitrogens with two attached hydrogens (primary N) is 1. The van der Waals surface area contributed by atoms with Gasteiger partial charge in [-0.1, -0.05) is 35.9 Å². The highest BCUT2D eigenvalue weighted by Gasteiger charge is 2.28. The molecule has 0 aliphatic carbocycles. The van der Waals surface area contributed by atoms with Gasteiger partial charge in [0.15, 0.2) is 11.9 Å². The van der Waals surface area contributed by atoms with Crippen LogP contribution in [0.15, 0.2) is 48.5 Å². The normalized spacial score (nSPS) is 16.8. The smallest absolute Gasteiger partial charge is 0.322 e. The second-order valence-electron chi connectivity index (χ2n) is 5.67. The molecule has 26 heavy (non-hydrogen) atoms. The fraction of sp³-hybridized carbons (Fsp3) is 0.222. The predicted octanol–water partition coefficient (Wildman–Crippen LogP) is 2.85. The van der Waals surface area contributed by atoms with Crippen molar-refractivity contribution in [1.82, 2.24) is 4.90 Å². The number of benzene rings is 2. The van der Waals surface area contributed by atoms with Crippen LogP contribution in [0.3, 0.4) is 0 Å². The zero-order chi connectivity index (χ0) is 18.5. The van der Waals surface area contributed by atoms with Gasteiger partial charge < -0.3 is 25.4 Å². The second kappa shape index (κ2) is 8.07. The van der Waals surface area contributed by atoms with Crippen molar-refractivity contribution in [1.29, 1.82) is 0 Å². The number of rotatable bonds is 4. The maximum atomic E-state index is 12.5. The van der Waals surface area contributed by atoms with Crippen LogP contribution >= 0.6 is 11.6 Å². The molecule has 0 radical (unpaired) electrons. The van der Waals surface area contributed by atoms with E-state index in [1.54, 1.807) is 48.5 Å². The van der Waals surface area contributed by atoms with Crippen LogP contribution in [-0.2, 0) is 9.53 Å². The third-order valence-corrected chi connectivity index (χ3v) is 4.17. The van der Waals surface area contributed by atoms with E-state index >= 15 is 0 Å². The number of morpholine rings is 1. The van der Waals surface area contributed by atoms with Crippen molar-refractivity contribution >= 4 is 29.2 Å². The van der Waals surface area contributed by atoms with E-state index in [2.05, 4.69) is 5.32 Å². The van der Waals surface area contributed by atoms with E-state index < -0.39 is 12.0 Å². The Morgan fingerprint density at radius 3 is 2.58 bits per heavy atom. The largest absolute Gasteiger partial charge is 0.454 e. The molecule has 1 aliphatic heterocycles. The topological polar surface area (TPSA) is 93.9 Å². The fourth-order valence-electron chi connectivity index (χ4n) is 2.51. The molecule has 2 aromatic carbocycles. The van der Waals surface area contributed by atoms with Crippen molar-refractivity contribution in [2.75, 3.05) is 25.0 Å². The van der Waals surface area contributed by atoms with Crippen molar-refractivity contribution in [2.45, 2.75) is 6.10 Å². The maximum absolute atomic E-state index is 12.5. The minimum Gasteiger partial charge on any atom is -0.454 e. The number of nitrogens with zero attached hydrogens (tertiary/aromatic N) is 1. The van der Waals surface area contributed by atoms with Gasteiger partial charge in [-0.3, -0.25) is 4.79 Å². The summed E-state index contributed by atoms with van der Waals surface area (Å²) in [5, 5.41) is 3.25. The van der Waals surface area contributed by atoms with Crippen molar-refractivity contribution in [2.24, 2.45) is 5.73 Å². The van der Waals surface area contributed by atoms with Gasteiger partial charge in [-0.25, -0.2) is 4.79 Å². The van der Waals surface area contributed by atoms with Gasteiger partial charge in [0.25, 0.3) is 0 Å². The van der Waals surface area contributed by atoms with Crippen molar-refractivity contribution < 1.29 is 19.1 Å². The molecule has 0 saturated carbocycles. The van der Waals surface area contributed by atoms with Crippen molar-refractivity contribution in [3.05, 3.63) is 53.6 Å². The Labute approximate surface area is 155 Å². The summed E-state index contributed by atoms with van der Waals surface area (Å²) in [7, 11) is 0. The van der Waals surface area contributed by atoms with Gasteiger partial charge in [0.2, 0.25) is 5.91 Å². The Morgan fingerprint density at radius 2 is 1.85 bits per heavy atom. The van der Waals surface area contributed by atoms with E-state index in [1.807, 2.05) is 0 Å². The molecule has 0 unspecified atom stereocenters. The van der Waals surface area contributed by atoms with E-state index in [-0.39, 0.29) is 19.2 Å². The Hall–Kier alpha value is -2.77. The first-order valence-corrected chi connectivity index (χ1v) is 8.40. The van der Waals surface area contributed by atoms with Crippen LogP contribution in [0.5, 0.6) is 11.5 Å². The molecule has 3 rings (SSSR count).